The Kier molecular flexibility index (Phi) is 5.16. The number of thiocarbonyl (C=S) groups is 1. The molecule has 0 radical (unpaired) electrons. The zero-order valence-electron chi connectivity index (χ0n) is 15.1. The van der Waals surface area contributed by atoms with E-state index in [1.165, 1.54) is 16.0 Å². The highest BCUT2D eigenvalue weighted by Crippen LogP contribution is 2.46. The maximum atomic E-state index is 12.3. The van der Waals surface area contributed by atoms with Gasteiger partial charge in [-0.05, 0) is 42.3 Å². The zero-order chi connectivity index (χ0) is 18.3. The number of carbonyl (C=O) groups is 2. The summed E-state index contributed by atoms with van der Waals surface area (Å²) in [6.07, 6.45) is 3.54. The first-order valence-corrected chi connectivity index (χ1v) is 8.64. The number of hydrogen-bond donors (Lipinski definition) is 1. The molecule has 1 heterocycles. The lowest BCUT2D eigenvalue weighted by atomic mass is 9.63. The summed E-state index contributed by atoms with van der Waals surface area (Å²) in [6, 6.07) is 0. The Balaban J connectivity index is 2.09. The van der Waals surface area contributed by atoms with E-state index in [9.17, 15) is 14.7 Å². The molecule has 2 amide bonds. The third kappa shape index (κ3) is 3.83. The summed E-state index contributed by atoms with van der Waals surface area (Å²) in [5.41, 5.74) is -0.0728. The fraction of sp³-hybridized carbons (Fsp3) is 0.765. The van der Waals surface area contributed by atoms with Crippen LogP contribution in [0.25, 0.3) is 0 Å². The third-order valence-electron chi connectivity index (χ3n) is 4.92. The Morgan fingerprint density at radius 2 is 1.75 bits per heavy atom. The summed E-state index contributed by atoms with van der Waals surface area (Å²) in [5, 5.41) is 10.3. The van der Waals surface area contributed by atoms with E-state index in [1.807, 2.05) is 0 Å². The van der Waals surface area contributed by atoms with Crippen molar-refractivity contribution in [3.63, 3.8) is 0 Å². The number of aliphatic hydroxyl groups is 1. The average molecular weight is 353 g/mol. The van der Waals surface area contributed by atoms with Crippen LogP contribution >= 0.6 is 12.2 Å². The van der Waals surface area contributed by atoms with Gasteiger partial charge in [0.2, 0.25) is 11.8 Å². The van der Waals surface area contributed by atoms with Gasteiger partial charge in [-0.1, -0.05) is 20.8 Å². The molecule has 1 saturated heterocycles. The lowest BCUT2D eigenvalue weighted by Gasteiger charge is -2.44. The molecule has 0 spiro atoms. The normalized spacial score (nSPS) is 32.1. The van der Waals surface area contributed by atoms with E-state index < -0.39 is 5.92 Å². The molecule has 2 aliphatic rings. The van der Waals surface area contributed by atoms with Crippen LogP contribution in [0.1, 0.15) is 40.0 Å². The molecule has 6 nitrogen and oxygen atoms in total. The SMILES string of the molecule is CN1C(=O)C(C=NC[C@@]2(C)C[C@@H](O)CC(C)(C)C2)C(=O)N(C)C1=S. The molecule has 0 bridgehead atoms. The lowest BCUT2D eigenvalue weighted by molar-refractivity contribution is -0.142. The van der Waals surface area contributed by atoms with Crippen LogP contribution in [-0.2, 0) is 9.59 Å². The smallest absolute Gasteiger partial charge is 0.246 e. The monoisotopic (exact) mass is 353 g/mol. The van der Waals surface area contributed by atoms with E-state index in [1.54, 1.807) is 14.1 Å². The number of rotatable bonds is 3. The van der Waals surface area contributed by atoms with Crippen LogP contribution in [0, 0.1) is 16.7 Å². The largest absolute Gasteiger partial charge is 0.393 e. The van der Waals surface area contributed by atoms with Crippen molar-refractivity contribution < 1.29 is 14.7 Å². The minimum atomic E-state index is -0.920. The van der Waals surface area contributed by atoms with Gasteiger partial charge in [-0.15, -0.1) is 0 Å². The molecule has 134 valence electrons. The highest BCUT2D eigenvalue weighted by Gasteiger charge is 2.42. The summed E-state index contributed by atoms with van der Waals surface area (Å²) in [7, 11) is 3.13. The molecular formula is C17H27N3O3S. The van der Waals surface area contributed by atoms with Crippen molar-refractivity contribution in [1.29, 1.82) is 0 Å². The Bertz CT molecular complexity index is 566. The van der Waals surface area contributed by atoms with E-state index in [-0.39, 0.29) is 33.9 Å². The van der Waals surface area contributed by atoms with Gasteiger partial charge < -0.3 is 5.11 Å². The van der Waals surface area contributed by atoms with Crippen molar-refractivity contribution in [3.05, 3.63) is 0 Å². The quantitative estimate of drug-likeness (QED) is 0.474. The van der Waals surface area contributed by atoms with E-state index in [0.717, 1.165) is 12.8 Å². The van der Waals surface area contributed by atoms with Gasteiger partial charge in [0.05, 0.1) is 6.10 Å². The molecule has 1 saturated carbocycles. The topological polar surface area (TPSA) is 73.2 Å². The van der Waals surface area contributed by atoms with Gasteiger partial charge in [0.25, 0.3) is 0 Å². The molecule has 1 aliphatic carbocycles. The highest BCUT2D eigenvalue weighted by molar-refractivity contribution is 7.80. The van der Waals surface area contributed by atoms with Gasteiger partial charge in [-0.25, -0.2) is 0 Å². The second kappa shape index (κ2) is 6.52. The van der Waals surface area contributed by atoms with Crippen molar-refractivity contribution in [2.45, 2.75) is 46.1 Å². The average Bonchev–Trinajstić information content (AvgIpc) is 2.44. The van der Waals surface area contributed by atoms with Gasteiger partial charge in [-0.3, -0.25) is 24.4 Å². The molecule has 2 rings (SSSR count). The summed E-state index contributed by atoms with van der Waals surface area (Å²) in [5.74, 6) is -1.61. The fourth-order valence-corrected chi connectivity index (χ4v) is 4.32. The minimum Gasteiger partial charge on any atom is -0.393 e. The Morgan fingerprint density at radius 1 is 1.21 bits per heavy atom. The second-order valence-corrected chi connectivity index (χ2v) is 8.62. The molecule has 2 atom stereocenters. The predicted octanol–water partition coefficient (Wildman–Crippen LogP) is 1.47. The summed E-state index contributed by atoms with van der Waals surface area (Å²) >= 11 is 5.07. The van der Waals surface area contributed by atoms with Crippen molar-refractivity contribution >= 4 is 35.4 Å². The van der Waals surface area contributed by atoms with E-state index in [0.29, 0.717) is 13.0 Å². The molecule has 1 aliphatic heterocycles. The molecule has 2 fully saturated rings. The van der Waals surface area contributed by atoms with Crippen LogP contribution in [0.15, 0.2) is 4.99 Å². The minimum absolute atomic E-state index is 0.0606. The molecule has 1 N–H and O–H groups in total. The van der Waals surface area contributed by atoms with Gasteiger partial charge >= 0.3 is 0 Å². The Hall–Kier alpha value is -1.34. The predicted molar refractivity (Wildman–Crippen MR) is 96.7 cm³/mol. The maximum Gasteiger partial charge on any atom is 0.246 e. The first kappa shape index (κ1) is 19.0. The van der Waals surface area contributed by atoms with Gasteiger partial charge in [0, 0.05) is 26.9 Å². The summed E-state index contributed by atoms with van der Waals surface area (Å²) < 4.78 is 0. The van der Waals surface area contributed by atoms with Crippen LogP contribution in [0.4, 0.5) is 0 Å². The van der Waals surface area contributed by atoms with Crippen LogP contribution in [-0.4, -0.2) is 64.8 Å². The van der Waals surface area contributed by atoms with Gasteiger partial charge in [0.15, 0.2) is 11.0 Å². The molecule has 0 unspecified atom stereocenters. The van der Waals surface area contributed by atoms with E-state index in [2.05, 4.69) is 25.8 Å². The summed E-state index contributed by atoms with van der Waals surface area (Å²) in [6.45, 7) is 6.89. The fourth-order valence-electron chi connectivity index (χ4n) is 4.14. The van der Waals surface area contributed by atoms with Crippen LogP contribution in [0.2, 0.25) is 0 Å². The third-order valence-corrected chi connectivity index (χ3v) is 5.46. The molecule has 0 aromatic heterocycles. The van der Waals surface area contributed by atoms with Crippen molar-refractivity contribution in [1.82, 2.24) is 9.80 Å². The molecule has 7 heteroatoms. The summed E-state index contributed by atoms with van der Waals surface area (Å²) in [4.78, 5) is 31.6. The van der Waals surface area contributed by atoms with Gasteiger partial charge in [-0.2, -0.15) is 0 Å². The van der Waals surface area contributed by atoms with Crippen LogP contribution in [0.3, 0.4) is 0 Å². The van der Waals surface area contributed by atoms with Crippen molar-refractivity contribution in [3.8, 4) is 0 Å². The Morgan fingerprint density at radius 3 is 2.25 bits per heavy atom. The molecule has 24 heavy (non-hydrogen) atoms. The second-order valence-electron chi connectivity index (χ2n) is 8.26. The number of amides is 2. The number of nitrogens with zero attached hydrogens (tertiary/aromatic N) is 3. The first-order chi connectivity index (χ1) is 11.0. The van der Waals surface area contributed by atoms with E-state index >= 15 is 0 Å². The molecule has 0 aromatic carbocycles. The number of aliphatic hydroxyl groups excluding tert-OH is 1. The first-order valence-electron chi connectivity index (χ1n) is 8.23. The maximum absolute atomic E-state index is 12.3. The lowest BCUT2D eigenvalue weighted by Crippen LogP contribution is -2.57. The van der Waals surface area contributed by atoms with E-state index in [4.69, 9.17) is 12.2 Å². The Labute approximate surface area is 148 Å². The number of carbonyl (C=O) groups excluding carboxylic acids is 2. The van der Waals surface area contributed by atoms with Crippen molar-refractivity contribution in [2.75, 3.05) is 20.6 Å². The number of aliphatic imine (C=N–C) groups is 1. The van der Waals surface area contributed by atoms with Gasteiger partial charge in [0.1, 0.15) is 0 Å². The molecule has 0 aromatic rings. The van der Waals surface area contributed by atoms with Crippen LogP contribution < -0.4 is 0 Å². The highest BCUT2D eigenvalue weighted by atomic mass is 32.1. The number of hydrogen-bond acceptors (Lipinski definition) is 5. The van der Waals surface area contributed by atoms with Crippen LogP contribution in [0.5, 0.6) is 0 Å². The standard InChI is InChI=1S/C17H27N3O3S/c1-16(2)6-11(21)7-17(3,9-16)10-18-8-12-13(22)19(4)15(24)20(5)14(12)23/h8,11-12,21H,6-7,9-10H2,1-5H3/t11-,17-/m0/s1. The zero-order valence-corrected chi connectivity index (χ0v) is 15.9. The van der Waals surface area contributed by atoms with Crippen molar-refractivity contribution in [2.24, 2.45) is 21.7 Å². The molecular weight excluding hydrogens is 326 g/mol.